The topological polar surface area (TPSA) is 90.5 Å². The Kier molecular flexibility index (Phi) is 7.34. The number of pyridine rings is 1. The highest BCUT2D eigenvalue weighted by atomic mass is 16.5. The molecule has 0 aromatic carbocycles. The van der Waals surface area contributed by atoms with Gasteiger partial charge in [-0.2, -0.15) is 0 Å². The minimum absolute atomic E-state index is 0.143. The fourth-order valence-electron chi connectivity index (χ4n) is 5.96. The highest BCUT2D eigenvalue weighted by molar-refractivity contribution is 5.82. The van der Waals surface area contributed by atoms with Gasteiger partial charge in [-0.15, -0.1) is 0 Å². The molecule has 1 aliphatic carbocycles. The van der Waals surface area contributed by atoms with Crippen molar-refractivity contribution in [2.75, 3.05) is 45.9 Å². The summed E-state index contributed by atoms with van der Waals surface area (Å²) >= 11 is 0. The summed E-state index contributed by atoms with van der Waals surface area (Å²) in [4.78, 5) is 20.1. The highest BCUT2D eigenvalue weighted by Gasteiger charge is 2.44. The van der Waals surface area contributed by atoms with E-state index in [1.807, 2.05) is 6.20 Å². The van der Waals surface area contributed by atoms with E-state index in [2.05, 4.69) is 43.6 Å². The van der Waals surface area contributed by atoms with Crippen molar-refractivity contribution < 1.29 is 9.53 Å². The molecule has 4 fully saturated rings. The first-order valence-corrected chi connectivity index (χ1v) is 12.5. The lowest BCUT2D eigenvalue weighted by Gasteiger charge is -2.35. The Morgan fingerprint density at radius 1 is 1.16 bits per heavy atom. The van der Waals surface area contributed by atoms with E-state index >= 15 is 0 Å². The predicted octanol–water partition coefficient (Wildman–Crippen LogP) is 0.758. The van der Waals surface area contributed by atoms with Gasteiger partial charge in [-0.25, -0.2) is 5.43 Å². The van der Waals surface area contributed by atoms with Crippen LogP contribution in [0.25, 0.3) is 0 Å². The van der Waals surface area contributed by atoms with Gasteiger partial charge < -0.3 is 15.4 Å². The van der Waals surface area contributed by atoms with Crippen LogP contribution in [0, 0.1) is 11.8 Å². The molecule has 1 aromatic rings. The number of hydrazine groups is 1. The van der Waals surface area contributed by atoms with Gasteiger partial charge in [0.25, 0.3) is 0 Å². The zero-order valence-corrected chi connectivity index (χ0v) is 19.0. The second-order valence-electron chi connectivity index (χ2n) is 9.95. The molecule has 32 heavy (non-hydrogen) atoms. The van der Waals surface area contributed by atoms with Gasteiger partial charge in [-0.05, 0) is 61.1 Å². The third-order valence-corrected chi connectivity index (χ3v) is 7.93. The van der Waals surface area contributed by atoms with Crippen LogP contribution in [-0.2, 0) is 16.1 Å². The smallest absolute Gasteiger partial charge is 0.238 e. The van der Waals surface area contributed by atoms with Crippen LogP contribution in [-0.4, -0.2) is 73.8 Å². The molecule has 4 aliphatic rings. The summed E-state index contributed by atoms with van der Waals surface area (Å²) in [6.07, 6.45) is 9.36. The van der Waals surface area contributed by atoms with Crippen LogP contribution in [0.1, 0.15) is 49.1 Å². The molecule has 0 spiro atoms. The summed E-state index contributed by atoms with van der Waals surface area (Å²) in [6.45, 7) is 7.72. The molecule has 176 valence electrons. The number of carbonyl (C=O) groups excluding carboxylic acids is 1. The number of carbonyl (C=O) groups is 1. The van der Waals surface area contributed by atoms with Crippen molar-refractivity contribution in [3.63, 3.8) is 0 Å². The van der Waals surface area contributed by atoms with Crippen molar-refractivity contribution in [2.24, 2.45) is 11.8 Å². The van der Waals surface area contributed by atoms with Crippen molar-refractivity contribution in [3.05, 3.63) is 29.6 Å². The Morgan fingerprint density at radius 3 is 2.84 bits per heavy atom. The lowest BCUT2D eigenvalue weighted by molar-refractivity contribution is -0.124. The molecule has 4 heterocycles. The SMILES string of the molecule is O=C(NCC1CCOCC1)C1NNC2CCC(c3cnccc3CN3CCNCC3)CC21. The van der Waals surface area contributed by atoms with Crippen LogP contribution in [0.3, 0.4) is 0 Å². The first-order chi connectivity index (χ1) is 15.8. The van der Waals surface area contributed by atoms with Crippen LogP contribution in [0.15, 0.2) is 18.5 Å². The zero-order chi connectivity index (χ0) is 21.8. The largest absolute Gasteiger partial charge is 0.381 e. The summed E-state index contributed by atoms with van der Waals surface area (Å²) in [6, 6.07) is 2.42. The van der Waals surface area contributed by atoms with E-state index in [9.17, 15) is 4.79 Å². The second-order valence-corrected chi connectivity index (χ2v) is 9.95. The van der Waals surface area contributed by atoms with E-state index in [1.165, 1.54) is 11.1 Å². The number of ether oxygens (including phenoxy) is 1. The molecule has 0 bridgehead atoms. The Hall–Kier alpha value is -1.58. The summed E-state index contributed by atoms with van der Waals surface area (Å²) in [5, 5.41) is 6.66. The molecule has 8 heteroatoms. The fourth-order valence-corrected chi connectivity index (χ4v) is 5.96. The predicted molar refractivity (Wildman–Crippen MR) is 123 cm³/mol. The molecule has 4 unspecified atom stereocenters. The molecule has 3 aliphatic heterocycles. The molecule has 1 amide bonds. The number of piperazine rings is 1. The Morgan fingerprint density at radius 2 is 2.00 bits per heavy atom. The van der Waals surface area contributed by atoms with Gasteiger partial charge in [0.1, 0.15) is 6.04 Å². The minimum atomic E-state index is -0.157. The summed E-state index contributed by atoms with van der Waals surface area (Å²) < 4.78 is 5.44. The van der Waals surface area contributed by atoms with E-state index in [-0.39, 0.29) is 11.9 Å². The Bertz CT molecular complexity index is 765. The lowest BCUT2D eigenvalue weighted by Crippen LogP contribution is -2.47. The maximum Gasteiger partial charge on any atom is 0.238 e. The van der Waals surface area contributed by atoms with E-state index in [1.54, 1.807) is 0 Å². The normalized spacial score (nSPS) is 31.9. The number of hydrogen-bond donors (Lipinski definition) is 4. The second kappa shape index (κ2) is 10.6. The van der Waals surface area contributed by atoms with Gasteiger partial charge >= 0.3 is 0 Å². The number of nitrogens with one attached hydrogen (secondary N) is 4. The maximum absolute atomic E-state index is 13.0. The summed E-state index contributed by atoms with van der Waals surface area (Å²) in [5.74, 6) is 1.47. The van der Waals surface area contributed by atoms with Crippen LogP contribution < -0.4 is 21.5 Å². The molecule has 1 aromatic heterocycles. The van der Waals surface area contributed by atoms with Gasteiger partial charge in [-0.1, -0.05) is 0 Å². The maximum atomic E-state index is 13.0. The van der Waals surface area contributed by atoms with Crippen molar-refractivity contribution >= 4 is 5.91 Å². The third-order valence-electron chi connectivity index (χ3n) is 7.93. The molecule has 0 radical (unpaired) electrons. The summed E-state index contributed by atoms with van der Waals surface area (Å²) in [7, 11) is 0. The van der Waals surface area contributed by atoms with Crippen LogP contribution >= 0.6 is 0 Å². The van der Waals surface area contributed by atoms with Crippen molar-refractivity contribution in [3.8, 4) is 0 Å². The first kappa shape index (κ1) is 22.2. The van der Waals surface area contributed by atoms with Crippen molar-refractivity contribution in [1.29, 1.82) is 0 Å². The van der Waals surface area contributed by atoms with Crippen molar-refractivity contribution in [1.82, 2.24) is 31.4 Å². The minimum Gasteiger partial charge on any atom is -0.381 e. The average molecular weight is 443 g/mol. The third kappa shape index (κ3) is 5.15. The van der Waals surface area contributed by atoms with Crippen molar-refractivity contribution in [2.45, 2.75) is 56.7 Å². The Labute approximate surface area is 191 Å². The van der Waals surface area contributed by atoms with E-state index in [4.69, 9.17) is 4.74 Å². The van der Waals surface area contributed by atoms with Gasteiger partial charge in [-0.3, -0.25) is 20.1 Å². The number of aromatic nitrogens is 1. The molecule has 4 N–H and O–H groups in total. The molecule has 8 nitrogen and oxygen atoms in total. The number of hydrogen-bond acceptors (Lipinski definition) is 7. The zero-order valence-electron chi connectivity index (χ0n) is 19.0. The standard InChI is InChI=1S/C24H38N6O2/c31-24(27-14-17-4-11-32-12-5-17)23-20-13-18(1-2-22(20)28-29-23)21-15-26-6-3-19(21)16-30-9-7-25-8-10-30/h3,6,15,17-18,20,22-23,25,28-29H,1-2,4-5,7-14,16H2,(H,27,31). The van der Waals surface area contributed by atoms with Gasteiger partial charge in [0.05, 0.1) is 0 Å². The van der Waals surface area contributed by atoms with E-state index in [0.29, 0.717) is 23.8 Å². The first-order valence-electron chi connectivity index (χ1n) is 12.5. The quantitative estimate of drug-likeness (QED) is 0.517. The molecule has 1 saturated carbocycles. The number of nitrogens with zero attached hydrogens (tertiary/aromatic N) is 2. The summed E-state index contributed by atoms with van der Waals surface area (Å²) in [5.41, 5.74) is 9.53. The lowest BCUT2D eigenvalue weighted by atomic mass is 9.73. The number of amides is 1. The van der Waals surface area contributed by atoms with Crippen LogP contribution in [0.2, 0.25) is 0 Å². The number of rotatable bonds is 6. The highest BCUT2D eigenvalue weighted by Crippen LogP contribution is 2.40. The van der Waals surface area contributed by atoms with Gasteiger partial charge in [0, 0.05) is 76.8 Å². The Balaban J connectivity index is 1.22. The fraction of sp³-hybridized carbons (Fsp3) is 0.750. The van der Waals surface area contributed by atoms with E-state index in [0.717, 1.165) is 84.6 Å². The van der Waals surface area contributed by atoms with E-state index < -0.39 is 0 Å². The van der Waals surface area contributed by atoms with Crippen LogP contribution in [0.5, 0.6) is 0 Å². The molecular formula is C24H38N6O2. The molecule has 5 rings (SSSR count). The molecular weight excluding hydrogens is 404 g/mol. The van der Waals surface area contributed by atoms with Gasteiger partial charge in [0.2, 0.25) is 5.91 Å². The van der Waals surface area contributed by atoms with Crippen LogP contribution in [0.4, 0.5) is 0 Å². The molecule has 3 saturated heterocycles. The molecule has 4 atom stereocenters. The number of fused-ring (bicyclic) bond motifs is 1. The average Bonchev–Trinajstić information content (AvgIpc) is 3.28. The monoisotopic (exact) mass is 442 g/mol. The van der Waals surface area contributed by atoms with Gasteiger partial charge in [0.15, 0.2) is 0 Å².